The van der Waals surface area contributed by atoms with Gasteiger partial charge in [0, 0.05) is 0 Å². The van der Waals surface area contributed by atoms with E-state index in [4.69, 9.17) is 5.73 Å². The molecule has 1 heterocycles. The van der Waals surface area contributed by atoms with Gasteiger partial charge in [-0.2, -0.15) is 0 Å². The molecule has 0 unspecified atom stereocenters. The van der Waals surface area contributed by atoms with Crippen LogP contribution in [0, 0.1) is 17.0 Å². The number of anilines is 1. The van der Waals surface area contributed by atoms with Crippen molar-refractivity contribution < 1.29 is 4.92 Å². The van der Waals surface area contributed by atoms with Crippen molar-refractivity contribution in [3.05, 3.63) is 15.8 Å². The molecule has 6 heteroatoms. The number of aromatic amines is 1. The second-order valence-electron chi connectivity index (χ2n) is 1.83. The van der Waals surface area contributed by atoms with Crippen molar-refractivity contribution in [2.75, 3.05) is 5.73 Å². The van der Waals surface area contributed by atoms with E-state index in [0.29, 0.717) is 5.69 Å². The fourth-order valence-corrected chi connectivity index (χ4v) is 0.568. The topological polar surface area (TPSA) is 97.8 Å². The second-order valence-corrected chi connectivity index (χ2v) is 1.83. The summed E-state index contributed by atoms with van der Waals surface area (Å²) in [5.74, 6) is -0.238. The monoisotopic (exact) mass is 142 g/mol. The largest absolute Gasteiger partial charge is 0.390 e. The number of H-pyrrole nitrogens is 1. The highest BCUT2D eigenvalue weighted by Gasteiger charge is 2.14. The lowest BCUT2D eigenvalue weighted by Crippen LogP contribution is -1.93. The first kappa shape index (κ1) is 6.53. The number of rotatable bonds is 1. The highest BCUT2D eigenvalue weighted by Crippen LogP contribution is 2.19. The SMILES string of the molecule is Cc1n[nH]c([N+](=O)[O-])c1N. The molecule has 0 aliphatic heterocycles. The molecule has 6 nitrogen and oxygen atoms in total. The van der Waals surface area contributed by atoms with Crippen molar-refractivity contribution >= 4 is 11.5 Å². The quantitative estimate of drug-likeness (QED) is 0.432. The van der Waals surface area contributed by atoms with Gasteiger partial charge in [-0.25, -0.2) is 0 Å². The Hall–Kier alpha value is -1.59. The van der Waals surface area contributed by atoms with Gasteiger partial charge in [-0.3, -0.25) is 0 Å². The van der Waals surface area contributed by atoms with Gasteiger partial charge in [-0.15, -0.1) is 5.10 Å². The van der Waals surface area contributed by atoms with Crippen molar-refractivity contribution in [2.45, 2.75) is 6.92 Å². The Morgan fingerprint density at radius 3 is 2.60 bits per heavy atom. The fraction of sp³-hybridized carbons (Fsp3) is 0.250. The van der Waals surface area contributed by atoms with E-state index in [1.807, 2.05) is 0 Å². The maximum atomic E-state index is 10.1. The summed E-state index contributed by atoms with van der Waals surface area (Å²) in [4.78, 5) is 9.49. The molecule has 0 aromatic carbocycles. The number of hydrogen-bond donors (Lipinski definition) is 2. The summed E-state index contributed by atoms with van der Waals surface area (Å²) in [5, 5.41) is 15.8. The van der Waals surface area contributed by atoms with E-state index in [0.717, 1.165) is 0 Å². The molecule has 3 N–H and O–H groups in total. The Labute approximate surface area is 56.2 Å². The van der Waals surface area contributed by atoms with Crippen LogP contribution in [0.15, 0.2) is 0 Å². The van der Waals surface area contributed by atoms with Crippen LogP contribution < -0.4 is 5.73 Å². The number of nitro groups is 1. The Balaban J connectivity index is 3.17. The molecule has 0 fully saturated rings. The van der Waals surface area contributed by atoms with Gasteiger partial charge in [0.15, 0.2) is 5.69 Å². The van der Waals surface area contributed by atoms with E-state index < -0.39 is 4.92 Å². The minimum absolute atomic E-state index is 0.102. The number of nitrogens with two attached hydrogens (primary N) is 1. The van der Waals surface area contributed by atoms with Crippen molar-refractivity contribution in [1.29, 1.82) is 0 Å². The van der Waals surface area contributed by atoms with Crippen LogP contribution in [0.2, 0.25) is 0 Å². The lowest BCUT2D eigenvalue weighted by Gasteiger charge is -1.88. The smallest absolute Gasteiger partial charge is 0.366 e. The number of nitrogens with zero attached hydrogens (tertiary/aromatic N) is 2. The molecule has 0 saturated carbocycles. The summed E-state index contributed by atoms with van der Waals surface area (Å²) in [7, 11) is 0. The van der Waals surface area contributed by atoms with Crippen LogP contribution in [0.5, 0.6) is 0 Å². The number of aromatic nitrogens is 2. The van der Waals surface area contributed by atoms with Crippen LogP contribution in [-0.2, 0) is 0 Å². The standard InChI is InChI=1S/C4H6N4O2/c1-2-3(5)4(7-6-2)8(9)10/h5H2,1H3,(H,6,7). The van der Waals surface area contributed by atoms with Crippen molar-refractivity contribution in [3.63, 3.8) is 0 Å². The normalized spacial score (nSPS) is 9.70. The fourth-order valence-electron chi connectivity index (χ4n) is 0.568. The van der Waals surface area contributed by atoms with Gasteiger partial charge < -0.3 is 15.8 Å². The van der Waals surface area contributed by atoms with E-state index in [1.165, 1.54) is 0 Å². The van der Waals surface area contributed by atoms with E-state index in [2.05, 4.69) is 10.2 Å². The molecule has 0 amide bonds. The molecule has 1 aromatic rings. The second kappa shape index (κ2) is 1.98. The molecule has 54 valence electrons. The maximum Gasteiger partial charge on any atom is 0.366 e. The number of hydrogen-bond acceptors (Lipinski definition) is 4. The van der Waals surface area contributed by atoms with Gasteiger partial charge in [0.2, 0.25) is 0 Å². The average Bonchev–Trinajstić information content (AvgIpc) is 2.14. The summed E-state index contributed by atoms with van der Waals surface area (Å²) in [6.45, 7) is 1.60. The van der Waals surface area contributed by atoms with Crippen LogP contribution in [0.25, 0.3) is 0 Å². The van der Waals surface area contributed by atoms with Gasteiger partial charge in [0.1, 0.15) is 5.69 Å². The third kappa shape index (κ3) is 0.790. The van der Waals surface area contributed by atoms with E-state index >= 15 is 0 Å². The van der Waals surface area contributed by atoms with Crippen molar-refractivity contribution in [2.24, 2.45) is 0 Å². The first-order valence-corrected chi connectivity index (χ1v) is 2.57. The van der Waals surface area contributed by atoms with E-state index in [-0.39, 0.29) is 11.5 Å². The van der Waals surface area contributed by atoms with Gasteiger partial charge in [0.25, 0.3) is 0 Å². The van der Waals surface area contributed by atoms with Gasteiger partial charge in [0.05, 0.1) is 0 Å². The lowest BCUT2D eigenvalue weighted by atomic mass is 10.4. The summed E-state index contributed by atoms with van der Waals surface area (Å²) in [5.41, 5.74) is 5.82. The molecule has 0 aliphatic carbocycles. The summed E-state index contributed by atoms with van der Waals surface area (Å²) < 4.78 is 0. The Bertz CT molecular complexity index is 266. The lowest BCUT2D eigenvalue weighted by molar-refractivity contribution is -0.388. The zero-order chi connectivity index (χ0) is 7.72. The van der Waals surface area contributed by atoms with Crippen LogP contribution in [0.4, 0.5) is 11.5 Å². The van der Waals surface area contributed by atoms with Crippen molar-refractivity contribution in [3.8, 4) is 0 Å². The zero-order valence-corrected chi connectivity index (χ0v) is 5.29. The highest BCUT2D eigenvalue weighted by atomic mass is 16.6. The van der Waals surface area contributed by atoms with Crippen LogP contribution in [0.1, 0.15) is 5.69 Å². The molecule has 1 aromatic heterocycles. The molecule has 1 rings (SSSR count). The molecular weight excluding hydrogens is 136 g/mol. The minimum atomic E-state index is -0.602. The highest BCUT2D eigenvalue weighted by molar-refractivity contribution is 5.56. The van der Waals surface area contributed by atoms with E-state index in [9.17, 15) is 10.1 Å². The minimum Gasteiger partial charge on any atom is -0.390 e. The van der Waals surface area contributed by atoms with Gasteiger partial charge >= 0.3 is 5.82 Å². The summed E-state index contributed by atoms with van der Waals surface area (Å²) >= 11 is 0. The predicted molar refractivity (Wildman–Crippen MR) is 34.4 cm³/mol. The third-order valence-corrected chi connectivity index (χ3v) is 1.16. The maximum absolute atomic E-state index is 10.1. The Morgan fingerprint density at radius 1 is 1.80 bits per heavy atom. The Morgan fingerprint density at radius 2 is 2.40 bits per heavy atom. The average molecular weight is 142 g/mol. The molecule has 0 saturated heterocycles. The number of nitrogens with one attached hydrogen (secondary N) is 1. The zero-order valence-electron chi connectivity index (χ0n) is 5.29. The molecular formula is C4H6N4O2. The third-order valence-electron chi connectivity index (χ3n) is 1.16. The van der Waals surface area contributed by atoms with E-state index in [1.54, 1.807) is 6.92 Å². The van der Waals surface area contributed by atoms with Crippen LogP contribution in [-0.4, -0.2) is 15.1 Å². The molecule has 0 spiro atoms. The number of aryl methyl sites for hydroxylation is 1. The predicted octanol–water partition coefficient (Wildman–Crippen LogP) is 0.209. The number of nitrogen functional groups attached to an aromatic ring is 1. The first-order valence-electron chi connectivity index (χ1n) is 2.57. The molecule has 0 aliphatic rings. The van der Waals surface area contributed by atoms with Crippen LogP contribution >= 0.6 is 0 Å². The Kier molecular flexibility index (Phi) is 1.29. The molecule has 0 bridgehead atoms. The van der Waals surface area contributed by atoms with Crippen molar-refractivity contribution in [1.82, 2.24) is 10.2 Å². The first-order chi connectivity index (χ1) is 4.63. The molecule has 0 atom stereocenters. The molecule has 10 heavy (non-hydrogen) atoms. The van der Waals surface area contributed by atoms with Gasteiger partial charge in [-0.05, 0) is 11.8 Å². The van der Waals surface area contributed by atoms with Gasteiger partial charge in [-0.1, -0.05) is 5.10 Å². The van der Waals surface area contributed by atoms with Crippen LogP contribution in [0.3, 0.4) is 0 Å². The summed E-state index contributed by atoms with van der Waals surface area (Å²) in [6, 6.07) is 0. The summed E-state index contributed by atoms with van der Waals surface area (Å²) in [6.07, 6.45) is 0. The molecule has 0 radical (unpaired) electrons.